The minimum Gasteiger partial charge on any atom is -0.360 e. The molecule has 2 aromatic carbocycles. The van der Waals surface area contributed by atoms with Gasteiger partial charge < -0.3 is 10.6 Å². The average Bonchev–Trinajstić information content (AvgIpc) is 3.31. The number of thiocarbonyl (C=S) groups is 1. The predicted molar refractivity (Wildman–Crippen MR) is 94.8 cm³/mol. The highest BCUT2D eigenvalue weighted by Gasteiger charge is 2.21. The average molecular weight is 314 g/mol. The highest BCUT2D eigenvalue weighted by molar-refractivity contribution is 7.98. The number of benzene rings is 2. The molecule has 1 saturated carbocycles. The Morgan fingerprint density at radius 2 is 1.76 bits per heavy atom. The molecular weight excluding hydrogens is 296 g/mol. The van der Waals surface area contributed by atoms with Crippen molar-refractivity contribution in [3.05, 3.63) is 60.2 Å². The smallest absolute Gasteiger partial charge is 0.170 e. The summed E-state index contributed by atoms with van der Waals surface area (Å²) < 4.78 is 0. The summed E-state index contributed by atoms with van der Waals surface area (Å²) in [6, 6.07) is 19.5. The number of hydrogen-bond acceptors (Lipinski definition) is 2. The number of rotatable bonds is 5. The van der Waals surface area contributed by atoms with Gasteiger partial charge in [0.1, 0.15) is 0 Å². The van der Waals surface area contributed by atoms with E-state index in [9.17, 15) is 0 Å². The Kier molecular flexibility index (Phi) is 4.78. The molecule has 2 N–H and O–H groups in total. The number of thioether (sulfide) groups is 1. The first-order chi connectivity index (χ1) is 10.3. The summed E-state index contributed by atoms with van der Waals surface area (Å²) in [4.78, 5) is 1.30. The zero-order valence-corrected chi connectivity index (χ0v) is 13.3. The van der Waals surface area contributed by atoms with Crippen LogP contribution in [-0.2, 0) is 5.75 Å². The summed E-state index contributed by atoms with van der Waals surface area (Å²) in [5.74, 6) is 0.981. The van der Waals surface area contributed by atoms with Crippen molar-refractivity contribution >= 4 is 34.8 Å². The first kappa shape index (κ1) is 14.4. The summed E-state index contributed by atoms with van der Waals surface area (Å²) in [5.41, 5.74) is 2.36. The van der Waals surface area contributed by atoms with Crippen LogP contribution in [-0.4, -0.2) is 11.2 Å². The van der Waals surface area contributed by atoms with Crippen LogP contribution in [0, 0.1) is 0 Å². The number of anilines is 1. The maximum atomic E-state index is 5.27. The Labute approximate surface area is 135 Å². The van der Waals surface area contributed by atoms with Crippen LogP contribution in [0.4, 0.5) is 5.69 Å². The van der Waals surface area contributed by atoms with Crippen molar-refractivity contribution < 1.29 is 0 Å². The first-order valence-corrected chi connectivity index (χ1v) is 8.53. The lowest BCUT2D eigenvalue weighted by Gasteiger charge is -2.10. The van der Waals surface area contributed by atoms with Gasteiger partial charge in [0.2, 0.25) is 0 Å². The molecule has 0 amide bonds. The van der Waals surface area contributed by atoms with Crippen LogP contribution in [0.5, 0.6) is 0 Å². The second-order valence-corrected chi connectivity index (χ2v) is 6.63. The molecule has 1 aliphatic rings. The van der Waals surface area contributed by atoms with Crippen LogP contribution in [0.3, 0.4) is 0 Å². The maximum absolute atomic E-state index is 5.27. The zero-order chi connectivity index (χ0) is 14.5. The molecule has 0 aliphatic heterocycles. The molecule has 0 atom stereocenters. The lowest BCUT2D eigenvalue weighted by Crippen LogP contribution is -2.30. The molecule has 0 unspecified atom stereocenters. The second kappa shape index (κ2) is 6.96. The molecule has 0 aromatic heterocycles. The van der Waals surface area contributed by atoms with Crippen LogP contribution in [0.15, 0.2) is 59.5 Å². The standard InChI is InChI=1S/C17H18N2S2/c20-17(19-15-10-11-15)18-14-8-6-13(7-9-14)12-21-16-4-2-1-3-5-16/h1-9,15H,10-12H2,(H2,18,19,20). The number of nitrogens with one attached hydrogen (secondary N) is 2. The fourth-order valence-electron chi connectivity index (χ4n) is 1.95. The van der Waals surface area contributed by atoms with Crippen molar-refractivity contribution in [3.63, 3.8) is 0 Å². The Morgan fingerprint density at radius 1 is 1.05 bits per heavy atom. The molecule has 0 radical (unpaired) electrons. The lowest BCUT2D eigenvalue weighted by atomic mass is 10.2. The van der Waals surface area contributed by atoms with Gasteiger partial charge in [0.05, 0.1) is 0 Å². The van der Waals surface area contributed by atoms with Crippen LogP contribution in [0.1, 0.15) is 18.4 Å². The van der Waals surface area contributed by atoms with E-state index in [4.69, 9.17) is 12.2 Å². The van der Waals surface area contributed by atoms with Crippen molar-refractivity contribution in [3.8, 4) is 0 Å². The van der Waals surface area contributed by atoms with Crippen LogP contribution < -0.4 is 10.6 Å². The molecule has 108 valence electrons. The molecule has 2 aromatic rings. The van der Waals surface area contributed by atoms with Crippen molar-refractivity contribution in [1.82, 2.24) is 5.32 Å². The Balaban J connectivity index is 1.50. The molecule has 4 heteroatoms. The summed E-state index contributed by atoms with van der Waals surface area (Å²) >= 11 is 7.13. The van der Waals surface area contributed by atoms with E-state index in [-0.39, 0.29) is 0 Å². The molecule has 0 saturated heterocycles. The van der Waals surface area contributed by atoms with Gasteiger partial charge in [0, 0.05) is 22.4 Å². The molecule has 0 heterocycles. The van der Waals surface area contributed by atoms with E-state index in [0.717, 1.165) is 16.6 Å². The number of hydrogen-bond donors (Lipinski definition) is 2. The lowest BCUT2D eigenvalue weighted by molar-refractivity contribution is 0.919. The van der Waals surface area contributed by atoms with Gasteiger partial charge >= 0.3 is 0 Å². The van der Waals surface area contributed by atoms with Crippen LogP contribution in [0.2, 0.25) is 0 Å². The van der Waals surface area contributed by atoms with E-state index < -0.39 is 0 Å². The minimum atomic E-state index is 0.589. The summed E-state index contributed by atoms with van der Waals surface area (Å²) in [5, 5.41) is 7.23. The summed E-state index contributed by atoms with van der Waals surface area (Å²) in [6.07, 6.45) is 2.47. The molecule has 21 heavy (non-hydrogen) atoms. The quantitative estimate of drug-likeness (QED) is 0.630. The first-order valence-electron chi connectivity index (χ1n) is 7.14. The third-order valence-electron chi connectivity index (χ3n) is 3.27. The maximum Gasteiger partial charge on any atom is 0.170 e. The summed E-state index contributed by atoms with van der Waals surface area (Å²) in [6.45, 7) is 0. The van der Waals surface area contributed by atoms with Crippen LogP contribution >= 0.6 is 24.0 Å². The fourth-order valence-corrected chi connectivity index (χ4v) is 3.11. The van der Waals surface area contributed by atoms with Crippen molar-refractivity contribution in [2.45, 2.75) is 29.5 Å². The van der Waals surface area contributed by atoms with E-state index in [0.29, 0.717) is 6.04 Å². The largest absolute Gasteiger partial charge is 0.360 e. The van der Waals surface area contributed by atoms with Gasteiger partial charge in [-0.3, -0.25) is 0 Å². The third kappa shape index (κ3) is 4.76. The molecular formula is C17H18N2S2. The highest BCUT2D eigenvalue weighted by Crippen LogP contribution is 2.23. The second-order valence-electron chi connectivity index (χ2n) is 5.17. The van der Waals surface area contributed by atoms with Crippen molar-refractivity contribution in [1.29, 1.82) is 0 Å². The Bertz CT molecular complexity index is 592. The topological polar surface area (TPSA) is 24.1 Å². The van der Waals surface area contributed by atoms with Gasteiger partial charge in [0.15, 0.2) is 5.11 Å². The Morgan fingerprint density at radius 3 is 2.43 bits per heavy atom. The molecule has 0 bridgehead atoms. The molecule has 2 nitrogen and oxygen atoms in total. The van der Waals surface area contributed by atoms with Gasteiger partial charge in [0.25, 0.3) is 0 Å². The fraction of sp³-hybridized carbons (Fsp3) is 0.235. The molecule has 0 spiro atoms. The molecule has 1 fully saturated rings. The van der Waals surface area contributed by atoms with Crippen molar-refractivity contribution in [2.75, 3.05) is 5.32 Å². The molecule has 3 rings (SSSR count). The normalized spacial score (nSPS) is 13.7. The van der Waals surface area contributed by atoms with E-state index in [1.165, 1.54) is 23.3 Å². The van der Waals surface area contributed by atoms with Gasteiger partial charge in [-0.15, -0.1) is 11.8 Å². The van der Waals surface area contributed by atoms with Crippen LogP contribution in [0.25, 0.3) is 0 Å². The molecule has 1 aliphatic carbocycles. The van der Waals surface area contributed by atoms with E-state index in [2.05, 4.69) is 59.2 Å². The zero-order valence-electron chi connectivity index (χ0n) is 11.7. The van der Waals surface area contributed by atoms with Gasteiger partial charge in [-0.25, -0.2) is 0 Å². The monoisotopic (exact) mass is 314 g/mol. The van der Waals surface area contributed by atoms with Gasteiger partial charge in [-0.05, 0) is 54.9 Å². The van der Waals surface area contributed by atoms with E-state index in [1.54, 1.807) is 0 Å². The SMILES string of the molecule is S=C(Nc1ccc(CSc2ccccc2)cc1)NC1CC1. The van der Waals surface area contributed by atoms with E-state index >= 15 is 0 Å². The van der Waals surface area contributed by atoms with Gasteiger partial charge in [-0.2, -0.15) is 0 Å². The highest BCUT2D eigenvalue weighted by atomic mass is 32.2. The predicted octanol–water partition coefficient (Wildman–Crippen LogP) is 4.43. The summed E-state index contributed by atoms with van der Waals surface area (Å²) in [7, 11) is 0. The Hall–Kier alpha value is -1.52. The van der Waals surface area contributed by atoms with Gasteiger partial charge in [-0.1, -0.05) is 30.3 Å². The van der Waals surface area contributed by atoms with Crippen molar-refractivity contribution in [2.24, 2.45) is 0 Å². The third-order valence-corrected chi connectivity index (χ3v) is 4.58. The van der Waals surface area contributed by atoms with E-state index in [1.807, 2.05) is 17.8 Å². The minimum absolute atomic E-state index is 0.589.